The molecule has 0 spiro atoms. The first-order valence-electron chi connectivity index (χ1n) is 7.33. The molecule has 0 fully saturated rings. The SMILES string of the molecule is CC(C)(C)OC(=O)N1CCN=C(NCCc2ccc(Br)s2)C1. The fourth-order valence-electron chi connectivity index (χ4n) is 2.03. The number of carbonyl (C=O) groups excluding carboxylic acids is 1. The van der Waals surface area contributed by atoms with Crippen LogP contribution < -0.4 is 5.32 Å². The standard InChI is InChI=1S/C15H22BrN3O2S/c1-15(2,3)21-14(20)19-9-8-18-13(10-19)17-7-6-11-4-5-12(16)22-11/h4-5H,6-10H2,1-3H3,(H,17,18). The highest BCUT2D eigenvalue weighted by atomic mass is 79.9. The van der Waals surface area contributed by atoms with Crippen molar-refractivity contribution in [3.05, 3.63) is 20.8 Å². The van der Waals surface area contributed by atoms with E-state index in [1.165, 1.54) is 4.88 Å². The van der Waals surface area contributed by atoms with Gasteiger partial charge in [-0.25, -0.2) is 4.79 Å². The van der Waals surface area contributed by atoms with E-state index >= 15 is 0 Å². The molecule has 122 valence electrons. The maximum atomic E-state index is 12.1. The van der Waals surface area contributed by atoms with Gasteiger partial charge in [0.25, 0.3) is 0 Å². The smallest absolute Gasteiger partial charge is 0.410 e. The van der Waals surface area contributed by atoms with Gasteiger partial charge in [0.05, 0.1) is 16.9 Å². The molecule has 5 nitrogen and oxygen atoms in total. The largest absolute Gasteiger partial charge is 0.444 e. The molecule has 0 aromatic carbocycles. The Morgan fingerprint density at radius 3 is 2.91 bits per heavy atom. The van der Waals surface area contributed by atoms with Crippen molar-refractivity contribution in [2.24, 2.45) is 4.99 Å². The van der Waals surface area contributed by atoms with Gasteiger partial charge in [0, 0.05) is 18.0 Å². The molecule has 1 amide bonds. The van der Waals surface area contributed by atoms with Gasteiger partial charge in [-0.2, -0.15) is 0 Å². The molecule has 0 atom stereocenters. The van der Waals surface area contributed by atoms with Crippen molar-refractivity contribution < 1.29 is 9.53 Å². The van der Waals surface area contributed by atoms with Crippen LogP contribution in [-0.4, -0.2) is 48.6 Å². The Kier molecular flexibility index (Phi) is 5.86. The number of amides is 1. The molecule has 0 aliphatic carbocycles. The lowest BCUT2D eigenvalue weighted by Gasteiger charge is -2.29. The van der Waals surface area contributed by atoms with E-state index in [0.717, 1.165) is 22.6 Å². The van der Waals surface area contributed by atoms with Gasteiger partial charge in [-0.3, -0.25) is 9.89 Å². The number of ether oxygens (including phenoxy) is 1. The highest BCUT2D eigenvalue weighted by Crippen LogP contribution is 2.22. The fourth-order valence-corrected chi connectivity index (χ4v) is 3.51. The maximum absolute atomic E-state index is 12.1. The van der Waals surface area contributed by atoms with E-state index in [1.54, 1.807) is 16.2 Å². The van der Waals surface area contributed by atoms with Crippen LogP contribution in [0.4, 0.5) is 4.79 Å². The molecule has 1 N–H and O–H groups in total. The molecule has 22 heavy (non-hydrogen) atoms. The summed E-state index contributed by atoms with van der Waals surface area (Å²) in [6.45, 7) is 8.16. The summed E-state index contributed by atoms with van der Waals surface area (Å²) in [5, 5.41) is 3.32. The van der Waals surface area contributed by atoms with E-state index in [2.05, 4.69) is 38.4 Å². The number of thiophene rings is 1. The summed E-state index contributed by atoms with van der Waals surface area (Å²) in [4.78, 5) is 19.5. The Morgan fingerprint density at radius 2 is 2.27 bits per heavy atom. The normalized spacial score (nSPS) is 15.5. The van der Waals surface area contributed by atoms with Crippen molar-refractivity contribution in [3.8, 4) is 0 Å². The summed E-state index contributed by atoms with van der Waals surface area (Å²) in [5.74, 6) is 0.854. The van der Waals surface area contributed by atoms with Crippen LogP contribution in [0.3, 0.4) is 0 Å². The van der Waals surface area contributed by atoms with Crippen molar-refractivity contribution >= 4 is 39.2 Å². The molecule has 0 bridgehead atoms. The molecule has 1 aliphatic rings. The average Bonchev–Trinajstić information content (AvgIpc) is 2.83. The summed E-state index contributed by atoms with van der Waals surface area (Å²) in [6.07, 6.45) is 0.672. The zero-order chi connectivity index (χ0) is 16.2. The van der Waals surface area contributed by atoms with Crippen LogP contribution in [0.15, 0.2) is 20.9 Å². The van der Waals surface area contributed by atoms with Gasteiger partial charge in [-0.05, 0) is 55.3 Å². The predicted molar refractivity (Wildman–Crippen MR) is 93.8 cm³/mol. The lowest BCUT2D eigenvalue weighted by atomic mass is 10.2. The van der Waals surface area contributed by atoms with E-state index < -0.39 is 5.60 Å². The van der Waals surface area contributed by atoms with Crippen LogP contribution >= 0.6 is 27.3 Å². The summed E-state index contributed by atoms with van der Waals surface area (Å²) < 4.78 is 6.55. The second-order valence-electron chi connectivity index (χ2n) is 6.11. The lowest BCUT2D eigenvalue weighted by Crippen LogP contribution is -2.47. The molecule has 1 aromatic heterocycles. The average molecular weight is 388 g/mol. The Morgan fingerprint density at radius 1 is 1.50 bits per heavy atom. The van der Waals surface area contributed by atoms with Gasteiger partial charge in [0.1, 0.15) is 11.4 Å². The highest BCUT2D eigenvalue weighted by Gasteiger charge is 2.24. The van der Waals surface area contributed by atoms with E-state index in [1.807, 2.05) is 20.8 Å². The number of nitrogens with zero attached hydrogens (tertiary/aromatic N) is 2. The van der Waals surface area contributed by atoms with Gasteiger partial charge in [-0.15, -0.1) is 11.3 Å². The molecule has 7 heteroatoms. The molecule has 2 rings (SSSR count). The van der Waals surface area contributed by atoms with E-state index in [0.29, 0.717) is 19.6 Å². The van der Waals surface area contributed by atoms with E-state index in [-0.39, 0.29) is 6.09 Å². The maximum Gasteiger partial charge on any atom is 0.410 e. The van der Waals surface area contributed by atoms with Crippen molar-refractivity contribution in [1.82, 2.24) is 10.2 Å². The van der Waals surface area contributed by atoms with Crippen molar-refractivity contribution in [2.45, 2.75) is 32.8 Å². The minimum atomic E-state index is -0.466. The number of hydrogen-bond donors (Lipinski definition) is 1. The molecule has 1 aliphatic heterocycles. The molecule has 2 heterocycles. The third-order valence-corrected chi connectivity index (χ3v) is 4.68. The summed E-state index contributed by atoms with van der Waals surface area (Å²) >= 11 is 5.20. The van der Waals surface area contributed by atoms with Crippen molar-refractivity contribution in [1.29, 1.82) is 0 Å². The Bertz CT molecular complexity index is 551. The number of halogens is 1. The first-order chi connectivity index (χ1) is 10.3. The Labute approximate surface area is 143 Å². The van der Waals surface area contributed by atoms with Crippen LogP contribution in [0.2, 0.25) is 0 Å². The fraction of sp³-hybridized carbons (Fsp3) is 0.600. The van der Waals surface area contributed by atoms with E-state index in [9.17, 15) is 4.79 Å². The number of hydrogen-bond acceptors (Lipinski definition) is 5. The topological polar surface area (TPSA) is 53.9 Å². The van der Waals surface area contributed by atoms with Gasteiger partial charge < -0.3 is 10.1 Å². The number of nitrogens with one attached hydrogen (secondary N) is 1. The zero-order valence-electron chi connectivity index (χ0n) is 13.2. The Balaban J connectivity index is 1.78. The number of carbonyl (C=O) groups is 1. The second-order valence-corrected chi connectivity index (χ2v) is 8.66. The Hall–Kier alpha value is -1.08. The third-order valence-electron chi connectivity index (χ3n) is 2.99. The van der Waals surface area contributed by atoms with Crippen LogP contribution in [0.1, 0.15) is 25.6 Å². The minimum absolute atomic E-state index is 0.274. The van der Waals surface area contributed by atoms with Gasteiger partial charge >= 0.3 is 6.09 Å². The monoisotopic (exact) mass is 387 g/mol. The number of rotatable bonds is 3. The molecule has 0 unspecified atom stereocenters. The van der Waals surface area contributed by atoms with E-state index in [4.69, 9.17) is 4.74 Å². The second kappa shape index (κ2) is 7.46. The van der Waals surface area contributed by atoms with Crippen molar-refractivity contribution in [3.63, 3.8) is 0 Å². The van der Waals surface area contributed by atoms with Crippen LogP contribution in [-0.2, 0) is 11.2 Å². The quantitative estimate of drug-likeness (QED) is 0.865. The van der Waals surface area contributed by atoms with Gasteiger partial charge in [0.15, 0.2) is 0 Å². The first kappa shape index (κ1) is 17.3. The zero-order valence-corrected chi connectivity index (χ0v) is 15.6. The third kappa shape index (κ3) is 5.61. The molecule has 1 aromatic rings. The van der Waals surface area contributed by atoms with Gasteiger partial charge in [0.2, 0.25) is 0 Å². The highest BCUT2D eigenvalue weighted by molar-refractivity contribution is 9.11. The summed E-state index contributed by atoms with van der Waals surface area (Å²) in [6, 6.07) is 4.18. The lowest BCUT2D eigenvalue weighted by molar-refractivity contribution is 0.0276. The minimum Gasteiger partial charge on any atom is -0.444 e. The molecule has 0 radical (unpaired) electrons. The summed E-state index contributed by atoms with van der Waals surface area (Å²) in [5.41, 5.74) is -0.466. The van der Waals surface area contributed by atoms with Crippen LogP contribution in [0.25, 0.3) is 0 Å². The first-order valence-corrected chi connectivity index (χ1v) is 8.94. The van der Waals surface area contributed by atoms with Crippen LogP contribution in [0.5, 0.6) is 0 Å². The van der Waals surface area contributed by atoms with Crippen LogP contribution in [0, 0.1) is 0 Å². The molecule has 0 saturated carbocycles. The molecular weight excluding hydrogens is 366 g/mol. The molecule has 0 saturated heterocycles. The van der Waals surface area contributed by atoms with Gasteiger partial charge in [-0.1, -0.05) is 0 Å². The predicted octanol–water partition coefficient (Wildman–Crippen LogP) is 3.29. The number of aliphatic imine (C=N–C) groups is 1. The van der Waals surface area contributed by atoms with Crippen molar-refractivity contribution in [2.75, 3.05) is 26.2 Å². The number of amidine groups is 1. The molecular formula is C15H22BrN3O2S. The summed E-state index contributed by atoms with van der Waals surface area (Å²) in [7, 11) is 0.